The summed E-state index contributed by atoms with van der Waals surface area (Å²) >= 11 is 0. The van der Waals surface area contributed by atoms with Crippen LogP contribution >= 0.6 is 0 Å². The van der Waals surface area contributed by atoms with Crippen LogP contribution < -0.4 is 0 Å². The van der Waals surface area contributed by atoms with Crippen molar-refractivity contribution in [3.05, 3.63) is 95.6 Å². The van der Waals surface area contributed by atoms with Gasteiger partial charge in [0.15, 0.2) is 0 Å². The Morgan fingerprint density at radius 2 is 1.82 bits per heavy atom. The number of aryl methyl sites for hydroxylation is 1. The van der Waals surface area contributed by atoms with Crippen molar-refractivity contribution in [2.24, 2.45) is 0 Å². The van der Waals surface area contributed by atoms with Crippen LogP contribution in [0.3, 0.4) is 0 Å². The van der Waals surface area contributed by atoms with E-state index in [-0.39, 0.29) is 11.7 Å². The maximum absolute atomic E-state index is 13.4. The van der Waals surface area contributed by atoms with Gasteiger partial charge in [0.25, 0.3) is 5.91 Å². The normalized spacial score (nSPS) is 11.0. The van der Waals surface area contributed by atoms with E-state index in [4.69, 9.17) is 0 Å². The number of carbonyl (C=O) groups is 1. The molecule has 140 valence electrons. The highest BCUT2D eigenvalue weighted by Crippen LogP contribution is 2.23. The van der Waals surface area contributed by atoms with Gasteiger partial charge in [-0.25, -0.2) is 9.37 Å². The molecule has 0 saturated heterocycles. The summed E-state index contributed by atoms with van der Waals surface area (Å²) in [5, 5.41) is 0. The van der Waals surface area contributed by atoms with Gasteiger partial charge in [-0.3, -0.25) is 9.36 Å². The Hall–Kier alpha value is -3.47. The maximum Gasteiger partial charge on any atom is 0.253 e. The topological polar surface area (TPSA) is 38.1 Å². The molecule has 1 aromatic heterocycles. The first-order chi connectivity index (χ1) is 13.5. The first-order valence-electron chi connectivity index (χ1n) is 9.07. The quantitative estimate of drug-likeness (QED) is 0.518. The Morgan fingerprint density at radius 3 is 2.57 bits per heavy atom. The van der Waals surface area contributed by atoms with Gasteiger partial charge in [0.1, 0.15) is 11.6 Å². The van der Waals surface area contributed by atoms with Crippen molar-refractivity contribution in [1.82, 2.24) is 14.5 Å². The lowest BCUT2D eigenvalue weighted by atomic mass is 10.1. The van der Waals surface area contributed by atoms with Crippen LogP contribution in [0.4, 0.5) is 4.39 Å². The summed E-state index contributed by atoms with van der Waals surface area (Å²) in [4.78, 5) is 19.0. The number of nitrogens with zero attached hydrogens (tertiary/aromatic N) is 3. The summed E-state index contributed by atoms with van der Waals surface area (Å²) in [7, 11) is 1.71. The van der Waals surface area contributed by atoms with E-state index in [0.717, 1.165) is 28.1 Å². The van der Waals surface area contributed by atoms with Crippen LogP contribution in [0.2, 0.25) is 0 Å². The summed E-state index contributed by atoms with van der Waals surface area (Å²) in [5.74, 6) is 0.429. The number of fused-ring (bicyclic) bond motifs is 1. The van der Waals surface area contributed by atoms with Gasteiger partial charge in [0.05, 0.1) is 11.0 Å². The molecule has 0 aliphatic heterocycles. The van der Waals surface area contributed by atoms with E-state index in [1.54, 1.807) is 24.1 Å². The molecule has 0 saturated carbocycles. The fourth-order valence-electron chi connectivity index (χ4n) is 3.44. The molecule has 28 heavy (non-hydrogen) atoms. The van der Waals surface area contributed by atoms with Gasteiger partial charge in [-0.15, -0.1) is 0 Å². The number of hydrogen-bond acceptors (Lipinski definition) is 2. The molecule has 3 aromatic carbocycles. The minimum atomic E-state index is -0.304. The van der Waals surface area contributed by atoms with Crippen molar-refractivity contribution in [2.75, 3.05) is 7.05 Å². The second-order valence-corrected chi connectivity index (χ2v) is 6.82. The van der Waals surface area contributed by atoms with Crippen molar-refractivity contribution in [3.63, 3.8) is 0 Å². The third-order valence-electron chi connectivity index (χ3n) is 4.74. The van der Waals surface area contributed by atoms with E-state index >= 15 is 0 Å². The number of carbonyl (C=O) groups excluding carboxylic acids is 1. The van der Waals surface area contributed by atoms with E-state index < -0.39 is 0 Å². The lowest BCUT2D eigenvalue weighted by Gasteiger charge is -2.17. The van der Waals surface area contributed by atoms with Crippen LogP contribution in [0, 0.1) is 12.7 Å². The lowest BCUT2D eigenvalue weighted by Crippen LogP contribution is -2.26. The van der Waals surface area contributed by atoms with E-state index in [1.807, 2.05) is 55.5 Å². The average molecular weight is 373 g/mol. The first kappa shape index (κ1) is 17.9. The van der Waals surface area contributed by atoms with E-state index in [2.05, 4.69) is 9.55 Å². The number of para-hydroxylation sites is 1. The molecule has 0 fully saturated rings. The van der Waals surface area contributed by atoms with Gasteiger partial charge in [-0.05, 0) is 55.0 Å². The molecule has 4 rings (SSSR count). The second-order valence-electron chi connectivity index (χ2n) is 6.82. The number of amides is 1. The molecule has 4 aromatic rings. The van der Waals surface area contributed by atoms with Gasteiger partial charge in [-0.1, -0.05) is 30.3 Å². The average Bonchev–Trinajstić information content (AvgIpc) is 3.02. The molecular formula is C23H20FN3O. The first-order valence-corrected chi connectivity index (χ1v) is 9.07. The Labute approximate surface area is 162 Å². The van der Waals surface area contributed by atoms with Gasteiger partial charge in [-0.2, -0.15) is 0 Å². The van der Waals surface area contributed by atoms with E-state index in [1.165, 1.54) is 12.1 Å². The Balaban J connectivity index is 1.64. The standard InChI is InChI=1S/C23H20FN3O/c1-16-25-21-14-18(11-12-22(21)27(16)20-9-4-3-5-10-20)23(28)26(2)15-17-7-6-8-19(24)13-17/h3-14H,15H2,1-2H3. The number of hydrogen-bond donors (Lipinski definition) is 0. The summed E-state index contributed by atoms with van der Waals surface area (Å²) in [6, 6.07) is 21.8. The summed E-state index contributed by atoms with van der Waals surface area (Å²) in [6.45, 7) is 2.29. The zero-order valence-corrected chi connectivity index (χ0v) is 15.8. The summed E-state index contributed by atoms with van der Waals surface area (Å²) in [6.07, 6.45) is 0. The minimum Gasteiger partial charge on any atom is -0.337 e. The lowest BCUT2D eigenvalue weighted by molar-refractivity contribution is 0.0785. The fourth-order valence-corrected chi connectivity index (χ4v) is 3.44. The molecule has 0 N–H and O–H groups in total. The van der Waals surface area contributed by atoms with Gasteiger partial charge < -0.3 is 4.90 Å². The molecule has 5 heteroatoms. The van der Waals surface area contributed by atoms with E-state index in [0.29, 0.717) is 12.1 Å². The van der Waals surface area contributed by atoms with Crippen LogP contribution in [0.15, 0.2) is 72.8 Å². The molecular weight excluding hydrogens is 353 g/mol. The highest BCUT2D eigenvalue weighted by atomic mass is 19.1. The highest BCUT2D eigenvalue weighted by Gasteiger charge is 2.16. The third kappa shape index (κ3) is 3.39. The monoisotopic (exact) mass is 373 g/mol. The molecule has 4 nitrogen and oxygen atoms in total. The number of aromatic nitrogens is 2. The zero-order chi connectivity index (χ0) is 19.7. The van der Waals surface area contributed by atoms with Crippen molar-refractivity contribution in [2.45, 2.75) is 13.5 Å². The van der Waals surface area contributed by atoms with Crippen molar-refractivity contribution < 1.29 is 9.18 Å². The van der Waals surface area contributed by atoms with Crippen LogP contribution in [-0.2, 0) is 6.54 Å². The molecule has 1 amide bonds. The van der Waals surface area contributed by atoms with Crippen molar-refractivity contribution in [1.29, 1.82) is 0 Å². The van der Waals surface area contributed by atoms with Gasteiger partial charge in [0.2, 0.25) is 0 Å². The Kier molecular flexibility index (Phi) is 4.65. The highest BCUT2D eigenvalue weighted by molar-refractivity contribution is 5.97. The smallest absolute Gasteiger partial charge is 0.253 e. The fraction of sp³-hybridized carbons (Fsp3) is 0.130. The molecule has 0 aliphatic rings. The Bertz CT molecular complexity index is 1150. The van der Waals surface area contributed by atoms with Crippen LogP contribution in [0.1, 0.15) is 21.7 Å². The molecule has 0 atom stereocenters. The van der Waals surface area contributed by atoms with Crippen LogP contribution in [-0.4, -0.2) is 27.4 Å². The number of halogens is 1. The maximum atomic E-state index is 13.4. The largest absolute Gasteiger partial charge is 0.337 e. The molecule has 0 bridgehead atoms. The molecule has 0 spiro atoms. The van der Waals surface area contributed by atoms with Crippen molar-refractivity contribution >= 4 is 16.9 Å². The number of rotatable bonds is 4. The van der Waals surface area contributed by atoms with Gasteiger partial charge in [0, 0.05) is 24.8 Å². The van der Waals surface area contributed by atoms with E-state index in [9.17, 15) is 9.18 Å². The molecule has 0 radical (unpaired) electrons. The predicted octanol–water partition coefficient (Wildman–Crippen LogP) is 4.75. The minimum absolute atomic E-state index is 0.127. The number of benzene rings is 3. The predicted molar refractivity (Wildman–Crippen MR) is 108 cm³/mol. The zero-order valence-electron chi connectivity index (χ0n) is 15.8. The van der Waals surface area contributed by atoms with Crippen LogP contribution in [0.25, 0.3) is 16.7 Å². The molecule has 0 unspecified atom stereocenters. The second kappa shape index (κ2) is 7.27. The third-order valence-corrected chi connectivity index (χ3v) is 4.74. The number of imidazole rings is 1. The van der Waals surface area contributed by atoms with Crippen LogP contribution in [0.5, 0.6) is 0 Å². The van der Waals surface area contributed by atoms with Crippen molar-refractivity contribution in [3.8, 4) is 5.69 Å². The summed E-state index contributed by atoms with van der Waals surface area (Å²) < 4.78 is 15.5. The molecule has 0 aliphatic carbocycles. The Morgan fingerprint density at radius 1 is 1.04 bits per heavy atom. The summed E-state index contributed by atoms with van der Waals surface area (Å²) in [5.41, 5.74) is 4.06. The van der Waals surface area contributed by atoms with Gasteiger partial charge >= 0.3 is 0 Å². The SMILES string of the molecule is Cc1nc2cc(C(=O)N(C)Cc3cccc(F)c3)ccc2n1-c1ccccc1. The molecule has 1 heterocycles.